The lowest BCUT2D eigenvalue weighted by Crippen LogP contribution is -2.22. The third-order valence-corrected chi connectivity index (χ3v) is 2.79. The van der Waals surface area contributed by atoms with Gasteiger partial charge in [0.1, 0.15) is 5.15 Å². The number of carbonyl (C=O) groups is 1. The maximum atomic E-state index is 11.8. The molecule has 92 valence electrons. The Morgan fingerprint density at radius 2 is 1.94 bits per heavy atom. The zero-order valence-corrected chi connectivity index (χ0v) is 10.7. The molecule has 0 bridgehead atoms. The van der Waals surface area contributed by atoms with E-state index in [1.807, 2.05) is 31.2 Å². The van der Waals surface area contributed by atoms with Crippen LogP contribution >= 0.6 is 11.6 Å². The Morgan fingerprint density at radius 3 is 2.56 bits per heavy atom. The molecular weight excluding hydrogens is 248 g/mol. The summed E-state index contributed by atoms with van der Waals surface area (Å²) in [4.78, 5) is 15.7. The minimum absolute atomic E-state index is 0.153. The summed E-state index contributed by atoms with van der Waals surface area (Å²) in [5.41, 5.74) is 2.77. The van der Waals surface area contributed by atoms with Crippen molar-refractivity contribution in [3.05, 3.63) is 64.4 Å². The lowest BCUT2D eigenvalue weighted by molar-refractivity contribution is 0.0950. The molecule has 3 nitrogen and oxygen atoms in total. The molecule has 0 radical (unpaired) electrons. The average molecular weight is 261 g/mol. The van der Waals surface area contributed by atoms with Crippen LogP contribution < -0.4 is 5.32 Å². The van der Waals surface area contributed by atoms with Gasteiger partial charge in [-0.3, -0.25) is 4.79 Å². The van der Waals surface area contributed by atoms with Crippen LogP contribution in [0.15, 0.2) is 42.6 Å². The first kappa shape index (κ1) is 12.6. The van der Waals surface area contributed by atoms with E-state index in [2.05, 4.69) is 10.3 Å². The molecule has 0 unspecified atom stereocenters. The fraction of sp³-hybridized carbons (Fsp3) is 0.143. The second kappa shape index (κ2) is 5.65. The monoisotopic (exact) mass is 260 g/mol. The van der Waals surface area contributed by atoms with Crippen molar-refractivity contribution in [2.45, 2.75) is 13.5 Å². The van der Waals surface area contributed by atoms with E-state index in [1.54, 1.807) is 12.1 Å². The summed E-state index contributed by atoms with van der Waals surface area (Å²) in [6.07, 6.45) is 1.47. The summed E-state index contributed by atoms with van der Waals surface area (Å²) < 4.78 is 0. The molecule has 0 aliphatic heterocycles. The van der Waals surface area contributed by atoms with Crippen molar-refractivity contribution in [2.75, 3.05) is 0 Å². The zero-order chi connectivity index (χ0) is 13.0. The molecule has 0 fully saturated rings. The molecule has 0 aliphatic carbocycles. The summed E-state index contributed by atoms with van der Waals surface area (Å²) >= 11 is 5.66. The highest BCUT2D eigenvalue weighted by Crippen LogP contribution is 2.06. The first-order valence-corrected chi connectivity index (χ1v) is 5.98. The molecule has 1 aromatic heterocycles. The zero-order valence-electron chi connectivity index (χ0n) is 9.98. The number of aryl methyl sites for hydroxylation is 1. The van der Waals surface area contributed by atoms with Crippen LogP contribution in [0, 0.1) is 6.92 Å². The number of halogens is 1. The van der Waals surface area contributed by atoms with Gasteiger partial charge in [-0.1, -0.05) is 41.4 Å². The minimum atomic E-state index is -0.153. The van der Waals surface area contributed by atoms with Crippen molar-refractivity contribution in [2.24, 2.45) is 0 Å². The number of benzene rings is 1. The smallest absolute Gasteiger partial charge is 0.253 e. The summed E-state index contributed by atoms with van der Waals surface area (Å²) in [6.45, 7) is 2.53. The number of pyridine rings is 1. The lowest BCUT2D eigenvalue weighted by atomic mass is 10.1. The van der Waals surface area contributed by atoms with Crippen molar-refractivity contribution in [1.82, 2.24) is 10.3 Å². The highest BCUT2D eigenvalue weighted by Gasteiger charge is 2.05. The molecule has 0 atom stereocenters. The highest BCUT2D eigenvalue weighted by atomic mass is 35.5. The van der Waals surface area contributed by atoms with E-state index in [0.29, 0.717) is 17.3 Å². The molecule has 0 saturated heterocycles. The van der Waals surface area contributed by atoms with Gasteiger partial charge in [-0.25, -0.2) is 4.98 Å². The quantitative estimate of drug-likeness (QED) is 0.862. The second-order valence-corrected chi connectivity index (χ2v) is 4.43. The van der Waals surface area contributed by atoms with Crippen LogP contribution in [0.2, 0.25) is 5.15 Å². The van der Waals surface area contributed by atoms with E-state index in [4.69, 9.17) is 11.6 Å². The predicted octanol–water partition coefficient (Wildman–Crippen LogP) is 2.97. The van der Waals surface area contributed by atoms with Crippen LogP contribution in [0.1, 0.15) is 21.5 Å². The van der Waals surface area contributed by atoms with E-state index >= 15 is 0 Å². The molecule has 18 heavy (non-hydrogen) atoms. The maximum Gasteiger partial charge on any atom is 0.253 e. The van der Waals surface area contributed by atoms with Crippen LogP contribution in [0.3, 0.4) is 0 Å². The topological polar surface area (TPSA) is 42.0 Å². The normalized spacial score (nSPS) is 10.1. The Balaban J connectivity index is 1.96. The number of carbonyl (C=O) groups excluding carboxylic acids is 1. The fourth-order valence-electron chi connectivity index (χ4n) is 1.50. The van der Waals surface area contributed by atoms with Gasteiger partial charge in [0.25, 0.3) is 5.91 Å². The number of hydrogen-bond donors (Lipinski definition) is 1. The van der Waals surface area contributed by atoms with Gasteiger partial charge in [0, 0.05) is 12.7 Å². The molecule has 1 amide bonds. The van der Waals surface area contributed by atoms with Crippen molar-refractivity contribution in [1.29, 1.82) is 0 Å². The van der Waals surface area contributed by atoms with Gasteiger partial charge in [-0.05, 0) is 24.6 Å². The molecule has 1 aromatic carbocycles. The molecule has 2 aromatic rings. The molecule has 1 N–H and O–H groups in total. The van der Waals surface area contributed by atoms with Crippen molar-refractivity contribution >= 4 is 17.5 Å². The van der Waals surface area contributed by atoms with E-state index in [-0.39, 0.29) is 5.91 Å². The number of rotatable bonds is 3. The van der Waals surface area contributed by atoms with E-state index in [1.165, 1.54) is 11.8 Å². The van der Waals surface area contributed by atoms with Crippen LogP contribution in [-0.4, -0.2) is 10.9 Å². The number of nitrogens with one attached hydrogen (secondary N) is 1. The third kappa shape index (κ3) is 3.31. The van der Waals surface area contributed by atoms with Crippen LogP contribution in [0.5, 0.6) is 0 Å². The lowest BCUT2D eigenvalue weighted by Gasteiger charge is -2.05. The second-order valence-electron chi connectivity index (χ2n) is 4.04. The van der Waals surface area contributed by atoms with Gasteiger partial charge < -0.3 is 5.32 Å². The number of hydrogen-bond acceptors (Lipinski definition) is 2. The largest absolute Gasteiger partial charge is 0.348 e. The molecule has 0 saturated carbocycles. The summed E-state index contributed by atoms with van der Waals surface area (Å²) in [6, 6.07) is 11.3. The van der Waals surface area contributed by atoms with Gasteiger partial charge >= 0.3 is 0 Å². The van der Waals surface area contributed by atoms with Crippen LogP contribution in [0.4, 0.5) is 0 Å². The van der Waals surface area contributed by atoms with E-state index in [0.717, 1.165) is 5.56 Å². The van der Waals surface area contributed by atoms with Gasteiger partial charge in [-0.15, -0.1) is 0 Å². The fourth-order valence-corrected chi connectivity index (χ4v) is 1.61. The summed E-state index contributed by atoms with van der Waals surface area (Å²) in [5, 5.41) is 3.21. The molecule has 0 spiro atoms. The number of amides is 1. The van der Waals surface area contributed by atoms with Crippen molar-refractivity contribution in [3.8, 4) is 0 Å². The van der Waals surface area contributed by atoms with Gasteiger partial charge in [0.2, 0.25) is 0 Å². The summed E-state index contributed by atoms with van der Waals surface area (Å²) in [7, 11) is 0. The van der Waals surface area contributed by atoms with Crippen molar-refractivity contribution in [3.63, 3.8) is 0 Å². The SMILES string of the molecule is Cc1ccc(CNC(=O)c2ccc(Cl)nc2)cc1. The minimum Gasteiger partial charge on any atom is -0.348 e. The van der Waals surface area contributed by atoms with Gasteiger partial charge in [0.15, 0.2) is 0 Å². The Morgan fingerprint density at radius 1 is 1.22 bits per heavy atom. The van der Waals surface area contributed by atoms with E-state index in [9.17, 15) is 4.79 Å². The standard InChI is InChI=1S/C14H13ClN2O/c1-10-2-4-11(5-3-10)8-17-14(18)12-6-7-13(15)16-9-12/h2-7,9H,8H2,1H3,(H,17,18). The Kier molecular flexibility index (Phi) is 3.95. The molecule has 4 heteroatoms. The van der Waals surface area contributed by atoms with Crippen LogP contribution in [-0.2, 0) is 6.54 Å². The third-order valence-electron chi connectivity index (χ3n) is 2.56. The first-order valence-electron chi connectivity index (χ1n) is 5.60. The molecular formula is C14H13ClN2O. The predicted molar refractivity (Wildman–Crippen MR) is 71.6 cm³/mol. The van der Waals surface area contributed by atoms with Gasteiger partial charge in [-0.2, -0.15) is 0 Å². The summed E-state index contributed by atoms with van der Waals surface area (Å²) in [5.74, 6) is -0.153. The molecule has 2 rings (SSSR count). The van der Waals surface area contributed by atoms with E-state index < -0.39 is 0 Å². The highest BCUT2D eigenvalue weighted by molar-refractivity contribution is 6.29. The Hall–Kier alpha value is -1.87. The average Bonchev–Trinajstić information content (AvgIpc) is 2.38. The van der Waals surface area contributed by atoms with Crippen molar-refractivity contribution < 1.29 is 4.79 Å². The Labute approximate surface area is 111 Å². The maximum absolute atomic E-state index is 11.8. The van der Waals surface area contributed by atoms with Gasteiger partial charge in [0.05, 0.1) is 5.56 Å². The first-order chi connectivity index (χ1) is 8.65. The molecule has 0 aliphatic rings. The number of nitrogens with zero attached hydrogens (tertiary/aromatic N) is 1. The molecule has 1 heterocycles. The number of aromatic nitrogens is 1. The Bertz CT molecular complexity index is 535. The van der Waals surface area contributed by atoms with Crippen LogP contribution in [0.25, 0.3) is 0 Å².